The molecule has 33 heavy (non-hydrogen) atoms. The molecule has 0 spiro atoms. The van der Waals surface area contributed by atoms with Crippen molar-refractivity contribution in [3.63, 3.8) is 0 Å². The van der Waals surface area contributed by atoms with Crippen LogP contribution in [0.25, 0.3) is 5.69 Å². The number of aryl methyl sites for hydroxylation is 1. The Balaban J connectivity index is 1.36. The van der Waals surface area contributed by atoms with Crippen LogP contribution in [-0.2, 0) is 17.6 Å². The predicted molar refractivity (Wildman–Crippen MR) is 122 cm³/mol. The molecule has 1 aromatic carbocycles. The van der Waals surface area contributed by atoms with Gasteiger partial charge in [0.25, 0.3) is 5.91 Å². The molecule has 2 aliphatic rings. The van der Waals surface area contributed by atoms with Gasteiger partial charge >= 0.3 is 0 Å². The van der Waals surface area contributed by atoms with Crippen molar-refractivity contribution in [3.05, 3.63) is 70.9 Å². The molecule has 1 unspecified atom stereocenters. The summed E-state index contributed by atoms with van der Waals surface area (Å²) in [4.78, 5) is 32.4. The van der Waals surface area contributed by atoms with Crippen molar-refractivity contribution in [2.24, 2.45) is 5.92 Å². The molecule has 1 saturated heterocycles. The van der Waals surface area contributed by atoms with Crippen LogP contribution in [0.15, 0.2) is 42.5 Å². The fraction of sp³-hybridized carbons (Fsp3) is 0.360. The van der Waals surface area contributed by atoms with Crippen LogP contribution in [0.3, 0.4) is 0 Å². The van der Waals surface area contributed by atoms with E-state index in [0.717, 1.165) is 42.6 Å². The van der Waals surface area contributed by atoms with E-state index in [-0.39, 0.29) is 23.5 Å². The van der Waals surface area contributed by atoms with Gasteiger partial charge in [-0.25, -0.2) is 14.1 Å². The number of likely N-dealkylation sites (tertiary alicyclic amines) is 1. The van der Waals surface area contributed by atoms with Gasteiger partial charge in [0.2, 0.25) is 5.91 Å². The molecule has 5 rings (SSSR count). The number of halogens is 1. The van der Waals surface area contributed by atoms with Gasteiger partial charge in [0, 0.05) is 30.0 Å². The Bertz CT molecular complexity index is 1220. The van der Waals surface area contributed by atoms with E-state index < -0.39 is 0 Å². The second kappa shape index (κ2) is 8.77. The van der Waals surface area contributed by atoms with Crippen molar-refractivity contribution >= 4 is 17.6 Å². The third-order valence-corrected chi connectivity index (χ3v) is 6.43. The van der Waals surface area contributed by atoms with Gasteiger partial charge in [0.15, 0.2) is 5.69 Å². The molecule has 7 nitrogen and oxygen atoms in total. The molecule has 0 saturated carbocycles. The Morgan fingerprint density at radius 2 is 1.94 bits per heavy atom. The number of hydrogen-bond acceptors (Lipinski definition) is 4. The molecule has 2 amide bonds. The maximum atomic E-state index is 14.4. The molecule has 0 bridgehead atoms. The molecule has 8 heteroatoms. The average molecular weight is 448 g/mol. The number of carbonyl (C=O) groups excluding carboxylic acids is 2. The molecule has 3 aromatic rings. The summed E-state index contributed by atoms with van der Waals surface area (Å²) < 4.78 is 16.0. The number of benzene rings is 1. The Kier molecular flexibility index (Phi) is 5.66. The van der Waals surface area contributed by atoms with E-state index in [0.29, 0.717) is 36.7 Å². The van der Waals surface area contributed by atoms with Crippen LogP contribution in [0.1, 0.15) is 46.7 Å². The molecule has 1 aliphatic heterocycles. The van der Waals surface area contributed by atoms with Crippen molar-refractivity contribution < 1.29 is 14.0 Å². The number of fused-ring (bicyclic) bond motifs is 1. The lowest BCUT2D eigenvalue weighted by atomic mass is 9.96. The van der Waals surface area contributed by atoms with Crippen molar-refractivity contribution in [2.45, 2.75) is 39.0 Å². The van der Waals surface area contributed by atoms with E-state index in [4.69, 9.17) is 0 Å². The molecule has 2 aromatic heterocycles. The van der Waals surface area contributed by atoms with Crippen LogP contribution in [-0.4, -0.2) is 44.6 Å². The van der Waals surface area contributed by atoms with Crippen molar-refractivity contribution in [3.8, 4) is 5.69 Å². The van der Waals surface area contributed by atoms with Crippen LogP contribution < -0.4 is 5.32 Å². The quantitative estimate of drug-likeness (QED) is 0.662. The monoisotopic (exact) mass is 447 g/mol. The van der Waals surface area contributed by atoms with Gasteiger partial charge < -0.3 is 10.2 Å². The van der Waals surface area contributed by atoms with E-state index >= 15 is 0 Å². The van der Waals surface area contributed by atoms with E-state index in [1.165, 1.54) is 6.07 Å². The fourth-order valence-electron chi connectivity index (χ4n) is 4.80. The van der Waals surface area contributed by atoms with E-state index in [1.54, 1.807) is 33.8 Å². The molecule has 0 radical (unpaired) electrons. The van der Waals surface area contributed by atoms with Gasteiger partial charge in [-0.3, -0.25) is 9.59 Å². The van der Waals surface area contributed by atoms with E-state index in [9.17, 15) is 14.0 Å². The Labute approximate surface area is 191 Å². The third kappa shape index (κ3) is 4.13. The summed E-state index contributed by atoms with van der Waals surface area (Å²) in [5.41, 5.74) is 3.37. The Morgan fingerprint density at radius 1 is 1.09 bits per heavy atom. The zero-order chi connectivity index (χ0) is 22.9. The molecule has 1 N–H and O–H groups in total. The summed E-state index contributed by atoms with van der Waals surface area (Å²) in [6, 6.07) is 12.0. The highest BCUT2D eigenvalue weighted by Gasteiger charge is 2.34. The highest BCUT2D eigenvalue weighted by molar-refractivity contribution is 5.96. The molecule has 170 valence electrons. The summed E-state index contributed by atoms with van der Waals surface area (Å²) in [5, 5.41) is 7.44. The van der Waals surface area contributed by atoms with E-state index in [1.807, 2.05) is 19.1 Å². The van der Waals surface area contributed by atoms with Gasteiger partial charge in [0.05, 0.1) is 5.92 Å². The number of nitrogens with zero attached hydrogens (tertiary/aromatic N) is 4. The maximum Gasteiger partial charge on any atom is 0.274 e. The summed E-state index contributed by atoms with van der Waals surface area (Å²) in [7, 11) is 0. The fourth-order valence-corrected chi connectivity index (χ4v) is 4.80. The normalized spacial score (nSPS) is 17.6. The molecule has 1 fully saturated rings. The minimum absolute atomic E-state index is 0.132. The number of anilines is 1. The summed E-state index contributed by atoms with van der Waals surface area (Å²) in [6.45, 7) is 2.78. The SMILES string of the molecule is Cc1cccc(NC(=O)C2CCCN(C(=O)c3nn(-c4ccccc4F)c4c3CCC4)C2)n1. The highest BCUT2D eigenvalue weighted by Crippen LogP contribution is 2.30. The zero-order valence-electron chi connectivity index (χ0n) is 18.6. The molecular weight excluding hydrogens is 421 g/mol. The van der Waals surface area contributed by atoms with Gasteiger partial charge in [0.1, 0.15) is 17.3 Å². The molecule has 1 aliphatic carbocycles. The van der Waals surface area contributed by atoms with Crippen LogP contribution in [0, 0.1) is 18.7 Å². The highest BCUT2D eigenvalue weighted by atomic mass is 19.1. The molecular formula is C25H26FN5O2. The van der Waals surface area contributed by atoms with Crippen LogP contribution in [0.2, 0.25) is 0 Å². The second-order valence-corrected chi connectivity index (χ2v) is 8.73. The standard InChI is InChI=1S/C25H26FN5O2/c1-16-7-4-13-22(27-16)28-24(32)17-8-6-14-30(15-17)25(33)23-18-9-5-12-20(18)31(29-23)21-11-3-2-10-19(21)26/h2-4,7,10-11,13,17H,5-6,8-9,12,14-15H2,1H3,(H,27,28,32). The zero-order valence-corrected chi connectivity index (χ0v) is 18.6. The lowest BCUT2D eigenvalue weighted by molar-refractivity contribution is -0.121. The number of nitrogens with one attached hydrogen (secondary N) is 1. The molecule has 1 atom stereocenters. The van der Waals surface area contributed by atoms with Crippen LogP contribution >= 0.6 is 0 Å². The largest absolute Gasteiger partial charge is 0.336 e. The number of aromatic nitrogens is 3. The number of pyridine rings is 1. The minimum atomic E-state index is -0.367. The Morgan fingerprint density at radius 3 is 2.76 bits per heavy atom. The lowest BCUT2D eigenvalue weighted by Crippen LogP contribution is -2.44. The topological polar surface area (TPSA) is 80.1 Å². The first kappa shape index (κ1) is 21.3. The van der Waals surface area contributed by atoms with Gasteiger partial charge in [-0.15, -0.1) is 0 Å². The number of rotatable bonds is 4. The van der Waals surface area contributed by atoms with Crippen LogP contribution in [0.5, 0.6) is 0 Å². The average Bonchev–Trinajstić information content (AvgIpc) is 3.42. The lowest BCUT2D eigenvalue weighted by Gasteiger charge is -2.31. The third-order valence-electron chi connectivity index (χ3n) is 6.43. The van der Waals surface area contributed by atoms with Gasteiger partial charge in [-0.05, 0) is 63.3 Å². The summed E-state index contributed by atoms with van der Waals surface area (Å²) >= 11 is 0. The number of carbonyl (C=O) groups is 2. The molecule has 3 heterocycles. The number of amides is 2. The minimum Gasteiger partial charge on any atom is -0.336 e. The predicted octanol–water partition coefficient (Wildman–Crippen LogP) is 3.69. The first-order valence-corrected chi connectivity index (χ1v) is 11.4. The van der Waals surface area contributed by atoms with E-state index in [2.05, 4.69) is 15.4 Å². The van der Waals surface area contributed by atoms with Crippen molar-refractivity contribution in [2.75, 3.05) is 18.4 Å². The number of piperidine rings is 1. The van der Waals surface area contributed by atoms with Gasteiger partial charge in [-0.1, -0.05) is 18.2 Å². The summed E-state index contributed by atoms with van der Waals surface area (Å²) in [6.07, 6.45) is 3.88. The van der Waals surface area contributed by atoms with Crippen LogP contribution in [0.4, 0.5) is 10.2 Å². The Hall–Kier alpha value is -3.55. The number of para-hydroxylation sites is 1. The number of hydrogen-bond donors (Lipinski definition) is 1. The van der Waals surface area contributed by atoms with Crippen molar-refractivity contribution in [1.29, 1.82) is 0 Å². The maximum absolute atomic E-state index is 14.4. The van der Waals surface area contributed by atoms with Crippen molar-refractivity contribution in [1.82, 2.24) is 19.7 Å². The first-order chi connectivity index (χ1) is 16.0. The van der Waals surface area contributed by atoms with Gasteiger partial charge in [-0.2, -0.15) is 5.10 Å². The first-order valence-electron chi connectivity index (χ1n) is 11.4. The second-order valence-electron chi connectivity index (χ2n) is 8.73. The summed E-state index contributed by atoms with van der Waals surface area (Å²) in [5.74, 6) is -0.480. The smallest absolute Gasteiger partial charge is 0.274 e.